The quantitative estimate of drug-likeness (QED) is 0.836. The van der Waals surface area contributed by atoms with E-state index in [1.165, 1.54) is 0 Å². The first kappa shape index (κ1) is 10.7. The van der Waals surface area contributed by atoms with Crippen molar-refractivity contribution < 1.29 is 5.11 Å². The molecule has 1 atom stereocenters. The Kier molecular flexibility index (Phi) is 3.47. The van der Waals surface area contributed by atoms with Crippen molar-refractivity contribution in [3.63, 3.8) is 0 Å². The van der Waals surface area contributed by atoms with E-state index in [-0.39, 0.29) is 12.6 Å². The highest BCUT2D eigenvalue weighted by atomic mass is 79.9. The molecule has 3 N–H and O–H groups in total. The van der Waals surface area contributed by atoms with Crippen LogP contribution in [0.5, 0.6) is 0 Å². The van der Waals surface area contributed by atoms with Gasteiger partial charge in [-0.05, 0) is 42.7 Å². The molecule has 1 unspecified atom stereocenters. The van der Waals surface area contributed by atoms with Gasteiger partial charge in [-0.2, -0.15) is 0 Å². The maximum Gasteiger partial charge on any atom is 0.0624 e. The molecule has 1 rings (SSSR count). The molecule has 13 heavy (non-hydrogen) atoms. The summed E-state index contributed by atoms with van der Waals surface area (Å²) in [6.45, 7) is 3.99. The third-order valence-electron chi connectivity index (χ3n) is 2.13. The van der Waals surface area contributed by atoms with E-state index in [1.54, 1.807) is 0 Å². The number of aryl methyl sites for hydroxylation is 2. The van der Waals surface area contributed by atoms with E-state index < -0.39 is 0 Å². The number of nitrogens with two attached hydrogens (primary N) is 1. The van der Waals surface area contributed by atoms with Crippen LogP contribution in [0.2, 0.25) is 0 Å². The van der Waals surface area contributed by atoms with E-state index in [0.29, 0.717) is 0 Å². The molecule has 0 aliphatic heterocycles. The second kappa shape index (κ2) is 4.22. The van der Waals surface area contributed by atoms with E-state index in [2.05, 4.69) is 15.9 Å². The van der Waals surface area contributed by atoms with Crippen LogP contribution in [0.3, 0.4) is 0 Å². The van der Waals surface area contributed by atoms with Crippen molar-refractivity contribution in [2.24, 2.45) is 5.73 Å². The molecule has 72 valence electrons. The van der Waals surface area contributed by atoms with Crippen molar-refractivity contribution in [1.82, 2.24) is 0 Å². The highest BCUT2D eigenvalue weighted by Crippen LogP contribution is 2.24. The second-order valence-corrected chi connectivity index (χ2v) is 4.16. The van der Waals surface area contributed by atoms with Gasteiger partial charge in [-0.3, -0.25) is 0 Å². The van der Waals surface area contributed by atoms with Gasteiger partial charge < -0.3 is 10.8 Å². The van der Waals surface area contributed by atoms with Crippen molar-refractivity contribution in [2.45, 2.75) is 19.9 Å². The van der Waals surface area contributed by atoms with E-state index in [0.717, 1.165) is 21.2 Å². The van der Waals surface area contributed by atoms with Gasteiger partial charge in [0.05, 0.1) is 12.6 Å². The maximum absolute atomic E-state index is 8.97. The Bertz CT molecular complexity index is 289. The molecule has 0 aliphatic rings. The molecule has 0 aromatic heterocycles. The first-order valence-electron chi connectivity index (χ1n) is 4.19. The summed E-state index contributed by atoms with van der Waals surface area (Å²) in [7, 11) is 0. The largest absolute Gasteiger partial charge is 0.394 e. The number of benzene rings is 1. The van der Waals surface area contributed by atoms with Crippen LogP contribution in [0, 0.1) is 13.8 Å². The zero-order valence-electron chi connectivity index (χ0n) is 7.84. The minimum absolute atomic E-state index is 0.0106. The summed E-state index contributed by atoms with van der Waals surface area (Å²) in [5.74, 6) is 0. The minimum atomic E-state index is -0.270. The topological polar surface area (TPSA) is 46.2 Å². The van der Waals surface area contributed by atoms with Crippen molar-refractivity contribution in [1.29, 1.82) is 0 Å². The van der Waals surface area contributed by atoms with Gasteiger partial charge in [0.2, 0.25) is 0 Å². The van der Waals surface area contributed by atoms with Crippen molar-refractivity contribution in [3.8, 4) is 0 Å². The number of hydrogen-bond donors (Lipinski definition) is 2. The minimum Gasteiger partial charge on any atom is -0.394 e. The summed E-state index contributed by atoms with van der Waals surface area (Å²) in [5, 5.41) is 8.97. The van der Waals surface area contributed by atoms with E-state index in [9.17, 15) is 0 Å². The Hall–Kier alpha value is -0.380. The van der Waals surface area contributed by atoms with Crippen molar-refractivity contribution in [2.75, 3.05) is 6.61 Å². The molecule has 0 aliphatic carbocycles. The third-order valence-corrected chi connectivity index (χ3v) is 2.58. The summed E-state index contributed by atoms with van der Waals surface area (Å²) < 4.78 is 1.05. The van der Waals surface area contributed by atoms with E-state index in [4.69, 9.17) is 10.8 Å². The summed E-state index contributed by atoms with van der Waals surface area (Å²) in [6.07, 6.45) is 0. The van der Waals surface area contributed by atoms with E-state index in [1.807, 2.05) is 26.0 Å². The Labute approximate surface area is 86.9 Å². The normalized spacial score (nSPS) is 13.0. The lowest BCUT2D eigenvalue weighted by molar-refractivity contribution is 0.267. The van der Waals surface area contributed by atoms with Crippen LogP contribution < -0.4 is 5.73 Å². The van der Waals surface area contributed by atoms with Gasteiger partial charge in [0.1, 0.15) is 0 Å². The lowest BCUT2D eigenvalue weighted by Gasteiger charge is -2.15. The molecule has 0 saturated heterocycles. The smallest absolute Gasteiger partial charge is 0.0624 e. The average molecular weight is 244 g/mol. The Morgan fingerprint density at radius 1 is 1.38 bits per heavy atom. The summed E-state index contributed by atoms with van der Waals surface area (Å²) in [4.78, 5) is 0. The van der Waals surface area contributed by atoms with Crippen LogP contribution >= 0.6 is 15.9 Å². The van der Waals surface area contributed by atoms with E-state index >= 15 is 0 Å². The number of halogens is 1. The molecule has 3 heteroatoms. The number of rotatable bonds is 2. The lowest BCUT2D eigenvalue weighted by Crippen LogP contribution is -2.17. The molecule has 0 amide bonds. The third kappa shape index (κ3) is 2.30. The maximum atomic E-state index is 8.97. The molecule has 0 bridgehead atoms. The number of aliphatic hydroxyl groups excluding tert-OH is 1. The van der Waals surface area contributed by atoms with Gasteiger partial charge in [0.25, 0.3) is 0 Å². The summed E-state index contributed by atoms with van der Waals surface area (Å²) in [5.41, 5.74) is 9.07. The van der Waals surface area contributed by atoms with Gasteiger partial charge in [-0.15, -0.1) is 0 Å². The van der Waals surface area contributed by atoms with Crippen LogP contribution in [-0.4, -0.2) is 11.7 Å². The Morgan fingerprint density at radius 2 is 1.85 bits per heavy atom. The second-order valence-electron chi connectivity index (χ2n) is 3.24. The van der Waals surface area contributed by atoms with Gasteiger partial charge in [-0.1, -0.05) is 15.9 Å². The molecular weight excluding hydrogens is 230 g/mol. The number of aliphatic hydroxyl groups is 1. The standard InChI is InChI=1S/C10H14BrNO/c1-6-3-8(11)4-7(2)10(6)9(12)5-13/h3-4,9,13H,5,12H2,1-2H3. The summed E-state index contributed by atoms with van der Waals surface area (Å²) >= 11 is 3.41. The average Bonchev–Trinajstić information content (AvgIpc) is 2.02. The molecule has 0 radical (unpaired) electrons. The van der Waals surface area contributed by atoms with Crippen molar-refractivity contribution in [3.05, 3.63) is 33.3 Å². The van der Waals surface area contributed by atoms with Crippen LogP contribution in [0.25, 0.3) is 0 Å². The Balaban J connectivity index is 3.20. The monoisotopic (exact) mass is 243 g/mol. The highest BCUT2D eigenvalue weighted by Gasteiger charge is 2.11. The van der Waals surface area contributed by atoms with Gasteiger partial charge >= 0.3 is 0 Å². The zero-order valence-corrected chi connectivity index (χ0v) is 9.43. The molecule has 2 nitrogen and oxygen atoms in total. The zero-order chi connectivity index (χ0) is 10.0. The molecule has 0 heterocycles. The SMILES string of the molecule is Cc1cc(Br)cc(C)c1C(N)CO. The Morgan fingerprint density at radius 3 is 2.23 bits per heavy atom. The van der Waals surface area contributed by atoms with Crippen LogP contribution in [0.4, 0.5) is 0 Å². The lowest BCUT2D eigenvalue weighted by atomic mass is 9.97. The highest BCUT2D eigenvalue weighted by molar-refractivity contribution is 9.10. The van der Waals surface area contributed by atoms with Gasteiger partial charge in [0.15, 0.2) is 0 Å². The molecule has 0 spiro atoms. The molecule has 0 saturated carbocycles. The van der Waals surface area contributed by atoms with Gasteiger partial charge in [0, 0.05) is 4.47 Å². The molecule has 1 aromatic carbocycles. The van der Waals surface area contributed by atoms with Gasteiger partial charge in [-0.25, -0.2) is 0 Å². The molecule has 1 aromatic rings. The van der Waals surface area contributed by atoms with Crippen LogP contribution in [-0.2, 0) is 0 Å². The molecule has 0 fully saturated rings. The predicted octanol–water partition coefficient (Wildman–Crippen LogP) is 2.06. The predicted molar refractivity (Wildman–Crippen MR) is 57.6 cm³/mol. The summed E-state index contributed by atoms with van der Waals surface area (Å²) in [6, 6.07) is 3.75. The van der Waals surface area contributed by atoms with Crippen LogP contribution in [0.1, 0.15) is 22.7 Å². The fourth-order valence-electron chi connectivity index (χ4n) is 1.60. The first-order valence-corrected chi connectivity index (χ1v) is 4.98. The fourth-order valence-corrected chi connectivity index (χ4v) is 2.28. The van der Waals surface area contributed by atoms with Crippen molar-refractivity contribution >= 4 is 15.9 Å². The molecular formula is C10H14BrNO. The number of hydrogen-bond acceptors (Lipinski definition) is 2. The van der Waals surface area contributed by atoms with Crippen LogP contribution in [0.15, 0.2) is 16.6 Å². The first-order chi connectivity index (χ1) is 6.06. The fraction of sp³-hybridized carbons (Fsp3) is 0.400.